The molecule has 0 aliphatic carbocycles. The minimum absolute atomic E-state index is 0.0291. The molecule has 45 heavy (non-hydrogen) atoms. The lowest BCUT2D eigenvalue weighted by Crippen LogP contribution is -2.56. The summed E-state index contributed by atoms with van der Waals surface area (Å²) in [7, 11) is -2.56. The maximum absolute atomic E-state index is 14.2. The summed E-state index contributed by atoms with van der Waals surface area (Å²) in [4.78, 5) is 25.6. The van der Waals surface area contributed by atoms with Crippen LogP contribution < -0.4 is 15.0 Å². The van der Waals surface area contributed by atoms with Crippen LogP contribution in [0.2, 0.25) is 0 Å². The van der Waals surface area contributed by atoms with Gasteiger partial charge in [-0.25, -0.2) is 9.55 Å². The van der Waals surface area contributed by atoms with E-state index in [-0.39, 0.29) is 31.2 Å². The number of imidazole rings is 1. The molecule has 0 bridgehead atoms. The number of nitrogens with zero attached hydrogens (tertiary/aromatic N) is 4. The van der Waals surface area contributed by atoms with Crippen LogP contribution in [0.1, 0.15) is 25.1 Å². The number of carbonyl (C=O) groups excluding carboxylic acids is 1. The summed E-state index contributed by atoms with van der Waals surface area (Å²) in [6, 6.07) is 17.8. The predicted molar refractivity (Wildman–Crippen MR) is 160 cm³/mol. The van der Waals surface area contributed by atoms with Gasteiger partial charge >= 0.3 is 13.6 Å². The van der Waals surface area contributed by atoms with Gasteiger partial charge in [-0.2, -0.15) is 9.97 Å². The van der Waals surface area contributed by atoms with Crippen molar-refractivity contribution < 1.29 is 42.5 Å². The molecule has 4 heterocycles. The average molecular weight is 640 g/mol. The van der Waals surface area contributed by atoms with Crippen molar-refractivity contribution in [1.29, 1.82) is 0 Å². The zero-order valence-electron chi connectivity index (χ0n) is 24.7. The highest BCUT2D eigenvalue weighted by Gasteiger charge is 2.62. The number of aliphatic hydroxyl groups excluding tert-OH is 1. The number of anilines is 1. The highest BCUT2D eigenvalue weighted by atomic mass is 31.2. The van der Waals surface area contributed by atoms with Gasteiger partial charge in [0.05, 0.1) is 38.7 Å². The Balaban J connectivity index is 1.20. The minimum atomic E-state index is -4.00. The van der Waals surface area contributed by atoms with E-state index in [1.165, 1.54) is 13.4 Å². The standard InChI is InChI=1S/C30H34N5O9P/c1-19(27(37)40-15-20-9-5-3-6-10-20)17-45(38,44-21-11-7-4-8-12-21)42-16-22-24(36)30(13-14-41-30)28(43-22)35-18-32-23-25(35)33-29(31)34-26(23)39-2/h3-12,18-19,22,24,28,36H,13-17H2,1-2H3,(H2,31,33,34)/t19-,22?,24-,28?,30-,45?/m1/s1. The number of rotatable bonds is 12. The molecule has 2 aliphatic heterocycles. The molecule has 15 heteroatoms. The van der Waals surface area contributed by atoms with Crippen molar-refractivity contribution in [3.05, 3.63) is 72.6 Å². The molecule has 4 aromatic rings. The monoisotopic (exact) mass is 639 g/mol. The predicted octanol–water partition coefficient (Wildman–Crippen LogP) is 3.50. The van der Waals surface area contributed by atoms with Crippen LogP contribution in [-0.2, 0) is 34.7 Å². The first-order valence-electron chi connectivity index (χ1n) is 14.4. The van der Waals surface area contributed by atoms with Gasteiger partial charge in [-0.05, 0) is 17.7 Å². The molecule has 2 aromatic heterocycles. The maximum atomic E-state index is 14.2. The number of aromatic nitrogens is 4. The number of methoxy groups -OCH3 is 1. The molecule has 6 atom stereocenters. The molecule has 3 N–H and O–H groups in total. The number of ether oxygens (including phenoxy) is 4. The zero-order valence-corrected chi connectivity index (χ0v) is 25.6. The Morgan fingerprint density at radius 2 is 1.89 bits per heavy atom. The summed E-state index contributed by atoms with van der Waals surface area (Å²) >= 11 is 0. The summed E-state index contributed by atoms with van der Waals surface area (Å²) in [6.07, 6.45) is -1.35. The van der Waals surface area contributed by atoms with E-state index in [1.807, 2.05) is 30.3 Å². The molecule has 2 aromatic carbocycles. The molecule has 3 unspecified atom stereocenters. The first-order valence-corrected chi connectivity index (χ1v) is 16.1. The van der Waals surface area contributed by atoms with Crippen molar-refractivity contribution in [1.82, 2.24) is 19.5 Å². The fraction of sp³-hybridized carbons (Fsp3) is 0.400. The van der Waals surface area contributed by atoms with Crippen LogP contribution >= 0.6 is 7.60 Å². The largest absolute Gasteiger partial charge is 0.479 e. The molecule has 1 spiro atoms. The SMILES string of the molecule is COc1nc(N)nc2c1ncn2C1OC(COP(=O)(C[C@@H](C)C(=O)OCc2ccccc2)Oc2ccccc2)[C@@H](O)[C@]12CCO2. The van der Waals surface area contributed by atoms with Crippen molar-refractivity contribution in [3.63, 3.8) is 0 Å². The quantitative estimate of drug-likeness (QED) is 0.170. The zero-order chi connectivity index (χ0) is 31.6. The van der Waals surface area contributed by atoms with Gasteiger partial charge in [0.2, 0.25) is 11.8 Å². The first-order chi connectivity index (χ1) is 21.7. The molecule has 0 radical (unpaired) electrons. The molecule has 6 rings (SSSR count). The van der Waals surface area contributed by atoms with Crippen LogP contribution in [0.4, 0.5) is 5.95 Å². The second-order valence-electron chi connectivity index (χ2n) is 10.9. The number of hydrogen-bond donors (Lipinski definition) is 2. The lowest BCUT2D eigenvalue weighted by Gasteiger charge is -2.44. The van der Waals surface area contributed by atoms with E-state index in [2.05, 4.69) is 15.0 Å². The fourth-order valence-corrected chi connectivity index (χ4v) is 7.33. The van der Waals surface area contributed by atoms with Crippen molar-refractivity contribution in [3.8, 4) is 11.6 Å². The summed E-state index contributed by atoms with van der Waals surface area (Å²) in [5, 5.41) is 11.4. The molecule has 0 saturated carbocycles. The Hall–Kier alpha value is -4.07. The summed E-state index contributed by atoms with van der Waals surface area (Å²) in [5.74, 6) is -0.926. The lowest BCUT2D eigenvalue weighted by molar-refractivity contribution is -0.225. The van der Waals surface area contributed by atoms with E-state index in [0.717, 1.165) is 5.56 Å². The van der Waals surface area contributed by atoms with Crippen molar-refractivity contribution in [2.75, 3.05) is 32.2 Å². The van der Waals surface area contributed by atoms with Gasteiger partial charge in [0.1, 0.15) is 30.2 Å². The number of nitrogens with two attached hydrogens (primary N) is 1. The molecule has 14 nitrogen and oxygen atoms in total. The molecule has 0 amide bonds. The smallest absolute Gasteiger partial charge is 0.380 e. The van der Waals surface area contributed by atoms with Crippen LogP contribution in [0.3, 0.4) is 0 Å². The topological polar surface area (TPSA) is 179 Å². The van der Waals surface area contributed by atoms with Gasteiger partial charge in [0.25, 0.3) is 0 Å². The van der Waals surface area contributed by atoms with Gasteiger partial charge in [-0.15, -0.1) is 0 Å². The van der Waals surface area contributed by atoms with Crippen LogP contribution in [0.25, 0.3) is 11.2 Å². The maximum Gasteiger partial charge on any atom is 0.380 e. The Morgan fingerprint density at radius 1 is 1.18 bits per heavy atom. The van der Waals surface area contributed by atoms with Crippen LogP contribution in [0.5, 0.6) is 11.6 Å². The summed E-state index contributed by atoms with van der Waals surface area (Å²) < 4.78 is 50.6. The number of para-hydroxylation sites is 1. The van der Waals surface area contributed by atoms with Gasteiger partial charge in [-0.1, -0.05) is 55.5 Å². The molecule has 238 valence electrons. The third-order valence-corrected chi connectivity index (χ3v) is 9.86. The number of aliphatic hydroxyl groups is 1. The van der Waals surface area contributed by atoms with Gasteiger partial charge in [-0.3, -0.25) is 13.9 Å². The molecule has 2 aliphatic rings. The van der Waals surface area contributed by atoms with E-state index in [4.69, 9.17) is 33.7 Å². The number of hydrogen-bond acceptors (Lipinski definition) is 13. The van der Waals surface area contributed by atoms with Crippen LogP contribution in [0, 0.1) is 5.92 Å². The summed E-state index contributed by atoms with van der Waals surface area (Å²) in [6.45, 7) is 1.74. The van der Waals surface area contributed by atoms with E-state index < -0.39 is 43.5 Å². The second-order valence-corrected chi connectivity index (χ2v) is 13.0. The minimum Gasteiger partial charge on any atom is -0.479 e. The molecular weight excluding hydrogens is 605 g/mol. The molecule has 2 saturated heterocycles. The van der Waals surface area contributed by atoms with Gasteiger partial charge in [0.15, 0.2) is 17.4 Å². The van der Waals surface area contributed by atoms with Crippen LogP contribution in [-0.4, -0.2) is 74.9 Å². The van der Waals surface area contributed by atoms with E-state index >= 15 is 0 Å². The number of nitrogen functional groups attached to an aromatic ring is 1. The fourth-order valence-electron chi connectivity index (χ4n) is 5.46. The number of benzene rings is 2. The molecular formula is C30H34N5O9P. The van der Waals surface area contributed by atoms with E-state index in [9.17, 15) is 14.5 Å². The first kappa shape index (κ1) is 30.9. The number of carbonyl (C=O) groups is 1. The van der Waals surface area contributed by atoms with Crippen molar-refractivity contribution in [2.24, 2.45) is 5.92 Å². The van der Waals surface area contributed by atoms with Gasteiger partial charge in [0, 0.05) is 6.42 Å². The molecule has 2 fully saturated rings. The normalized spacial score (nSPS) is 24.6. The lowest BCUT2D eigenvalue weighted by atomic mass is 9.86. The number of esters is 1. The van der Waals surface area contributed by atoms with Crippen molar-refractivity contribution >= 4 is 30.7 Å². The van der Waals surface area contributed by atoms with Gasteiger partial charge < -0.3 is 34.3 Å². The third kappa shape index (κ3) is 6.24. The van der Waals surface area contributed by atoms with E-state index in [0.29, 0.717) is 29.9 Å². The Kier molecular flexibility index (Phi) is 8.76. The highest BCUT2D eigenvalue weighted by molar-refractivity contribution is 7.54. The van der Waals surface area contributed by atoms with E-state index in [1.54, 1.807) is 41.8 Å². The van der Waals surface area contributed by atoms with Crippen molar-refractivity contribution in [2.45, 2.75) is 44.0 Å². The Labute approximate surface area is 258 Å². The number of fused-ring (bicyclic) bond motifs is 1. The second kappa shape index (κ2) is 12.7. The Bertz CT molecular complexity index is 1690. The summed E-state index contributed by atoms with van der Waals surface area (Å²) in [5.41, 5.74) is 6.26. The Morgan fingerprint density at radius 3 is 2.56 bits per heavy atom. The van der Waals surface area contributed by atoms with Crippen LogP contribution in [0.15, 0.2) is 67.0 Å². The third-order valence-electron chi connectivity index (χ3n) is 7.84. The highest BCUT2D eigenvalue weighted by Crippen LogP contribution is 2.53. The average Bonchev–Trinajstić information content (AvgIpc) is 3.57.